The monoisotopic (exact) mass is 347 g/mol. The molecule has 3 rings (SSSR count). The number of amides is 1. The van der Waals surface area contributed by atoms with Gasteiger partial charge < -0.3 is 5.32 Å². The second-order valence-electron chi connectivity index (χ2n) is 6.10. The summed E-state index contributed by atoms with van der Waals surface area (Å²) in [7, 11) is 2.01. The van der Waals surface area contributed by atoms with E-state index in [2.05, 4.69) is 15.2 Å². The van der Waals surface area contributed by atoms with Crippen LogP contribution in [0.5, 0.6) is 0 Å². The van der Waals surface area contributed by atoms with E-state index < -0.39 is 5.82 Å². The number of aromatic nitrogens is 1. The minimum atomic E-state index is -0.410. The molecule has 1 aliphatic heterocycles. The Morgan fingerprint density at radius 3 is 3.00 bits per heavy atom. The number of nitrogens with one attached hydrogen (secondary N) is 1. The number of nitrogens with zero attached hydrogens (tertiary/aromatic N) is 2. The van der Waals surface area contributed by atoms with E-state index in [4.69, 9.17) is 11.6 Å². The molecule has 2 heterocycles. The van der Waals surface area contributed by atoms with Crippen molar-refractivity contribution < 1.29 is 9.18 Å². The number of likely N-dealkylation sites (tertiary alicyclic amines) is 1. The Balaban J connectivity index is 1.70. The molecule has 2 aromatic rings. The number of hydrogen-bond donors (Lipinski definition) is 1. The van der Waals surface area contributed by atoms with E-state index in [1.165, 1.54) is 6.07 Å². The summed E-state index contributed by atoms with van der Waals surface area (Å²) < 4.78 is 13.8. The van der Waals surface area contributed by atoms with Crippen LogP contribution in [-0.2, 0) is 0 Å². The van der Waals surface area contributed by atoms with E-state index in [-0.39, 0.29) is 22.9 Å². The second kappa shape index (κ2) is 7.28. The Morgan fingerprint density at radius 1 is 1.46 bits per heavy atom. The minimum absolute atomic E-state index is 0.0611. The van der Waals surface area contributed by atoms with Gasteiger partial charge in [0.1, 0.15) is 5.82 Å². The largest absolute Gasteiger partial charge is 0.352 e. The maximum Gasteiger partial charge on any atom is 0.252 e. The van der Waals surface area contributed by atoms with Gasteiger partial charge in [0.15, 0.2) is 0 Å². The number of hydrogen-bond acceptors (Lipinski definition) is 3. The molecule has 0 spiro atoms. The van der Waals surface area contributed by atoms with Crippen LogP contribution in [0.2, 0.25) is 5.02 Å². The van der Waals surface area contributed by atoms with Gasteiger partial charge in [0, 0.05) is 25.0 Å². The summed E-state index contributed by atoms with van der Waals surface area (Å²) in [5.41, 5.74) is 1.43. The van der Waals surface area contributed by atoms with Crippen molar-refractivity contribution >= 4 is 17.5 Å². The highest BCUT2D eigenvalue weighted by Crippen LogP contribution is 2.36. The maximum absolute atomic E-state index is 13.8. The van der Waals surface area contributed by atoms with Gasteiger partial charge in [-0.3, -0.25) is 14.7 Å². The first-order valence-electron chi connectivity index (χ1n) is 7.89. The molecule has 1 saturated heterocycles. The van der Waals surface area contributed by atoms with E-state index >= 15 is 0 Å². The topological polar surface area (TPSA) is 45.2 Å². The van der Waals surface area contributed by atoms with E-state index in [1.807, 2.05) is 13.1 Å². The van der Waals surface area contributed by atoms with Gasteiger partial charge in [0.05, 0.1) is 10.6 Å². The highest BCUT2D eigenvalue weighted by Gasteiger charge is 2.33. The molecule has 24 heavy (non-hydrogen) atoms. The average molecular weight is 348 g/mol. The molecular formula is C18H19ClFN3O. The highest BCUT2D eigenvalue weighted by molar-refractivity contribution is 6.30. The fraction of sp³-hybridized carbons (Fsp3) is 0.333. The van der Waals surface area contributed by atoms with Crippen molar-refractivity contribution in [3.63, 3.8) is 0 Å². The predicted molar refractivity (Wildman–Crippen MR) is 91.5 cm³/mol. The normalized spacial score (nSPS) is 21.0. The molecule has 4 nitrogen and oxygen atoms in total. The molecule has 6 heteroatoms. The summed E-state index contributed by atoms with van der Waals surface area (Å²) in [6.07, 6.45) is 4.12. The van der Waals surface area contributed by atoms with Gasteiger partial charge >= 0.3 is 0 Å². The second-order valence-corrected chi connectivity index (χ2v) is 6.51. The van der Waals surface area contributed by atoms with Crippen molar-refractivity contribution in [3.05, 3.63) is 64.7 Å². The molecular weight excluding hydrogens is 329 g/mol. The number of rotatable bonds is 4. The Hall–Kier alpha value is -1.98. The quantitative estimate of drug-likeness (QED) is 0.923. The first-order valence-corrected chi connectivity index (χ1v) is 8.27. The lowest BCUT2D eigenvalue weighted by molar-refractivity contribution is 0.0943. The number of carbonyl (C=O) groups excluding carboxylic acids is 1. The third-order valence-corrected chi connectivity index (χ3v) is 4.81. The van der Waals surface area contributed by atoms with Gasteiger partial charge in [-0.2, -0.15) is 0 Å². The molecule has 1 amide bonds. The zero-order chi connectivity index (χ0) is 17.1. The number of carbonyl (C=O) groups is 1. The van der Waals surface area contributed by atoms with Gasteiger partial charge in [-0.15, -0.1) is 0 Å². The Bertz CT molecular complexity index is 725. The van der Waals surface area contributed by atoms with Gasteiger partial charge in [0.2, 0.25) is 0 Å². The summed E-state index contributed by atoms with van der Waals surface area (Å²) in [6, 6.07) is 8.46. The molecule has 2 atom stereocenters. The van der Waals surface area contributed by atoms with Crippen molar-refractivity contribution in [3.8, 4) is 0 Å². The molecule has 1 aliphatic rings. The third-order valence-electron chi connectivity index (χ3n) is 4.51. The summed E-state index contributed by atoms with van der Waals surface area (Å²) in [4.78, 5) is 18.3. The Morgan fingerprint density at radius 2 is 2.29 bits per heavy atom. The zero-order valence-electron chi connectivity index (χ0n) is 13.4. The Kier molecular flexibility index (Phi) is 5.11. The molecule has 126 valence electrons. The first-order chi connectivity index (χ1) is 11.6. The van der Waals surface area contributed by atoms with Crippen molar-refractivity contribution in [2.45, 2.75) is 12.5 Å². The predicted octanol–water partition coefficient (Wildman–Crippen LogP) is 3.30. The van der Waals surface area contributed by atoms with Crippen LogP contribution in [0.15, 0.2) is 42.7 Å². The van der Waals surface area contributed by atoms with Crippen LogP contribution in [0.3, 0.4) is 0 Å². The molecule has 0 unspecified atom stereocenters. The molecule has 0 radical (unpaired) electrons. The van der Waals surface area contributed by atoms with E-state index in [9.17, 15) is 9.18 Å². The van der Waals surface area contributed by atoms with Crippen molar-refractivity contribution in [1.82, 2.24) is 15.2 Å². The van der Waals surface area contributed by atoms with Gasteiger partial charge in [-0.25, -0.2) is 4.39 Å². The van der Waals surface area contributed by atoms with Crippen LogP contribution in [0, 0.1) is 11.7 Å². The highest BCUT2D eigenvalue weighted by atomic mass is 35.5. The van der Waals surface area contributed by atoms with Crippen LogP contribution in [0.25, 0.3) is 0 Å². The SMILES string of the molecule is CN1CC[C@H](CNC(=O)c2cccnc2)[C@H]1c1ccc(Cl)c(F)c1. The number of benzene rings is 1. The first kappa shape index (κ1) is 16.9. The van der Waals surface area contributed by atoms with Crippen molar-refractivity contribution in [2.75, 3.05) is 20.1 Å². The van der Waals surface area contributed by atoms with E-state index in [0.29, 0.717) is 12.1 Å². The van der Waals surface area contributed by atoms with Crippen molar-refractivity contribution in [1.29, 1.82) is 0 Å². The molecule has 1 N–H and O–H groups in total. The third kappa shape index (κ3) is 3.57. The van der Waals surface area contributed by atoms with Crippen molar-refractivity contribution in [2.24, 2.45) is 5.92 Å². The number of pyridine rings is 1. The van der Waals surface area contributed by atoms with Gasteiger partial charge in [-0.1, -0.05) is 17.7 Å². The van der Waals surface area contributed by atoms with Gasteiger partial charge in [-0.05, 0) is 55.8 Å². The molecule has 1 fully saturated rings. The fourth-order valence-electron chi connectivity index (χ4n) is 3.29. The molecule has 1 aromatic carbocycles. The molecule has 1 aromatic heterocycles. The zero-order valence-corrected chi connectivity index (χ0v) is 14.1. The van der Waals surface area contributed by atoms with Crippen LogP contribution in [0.1, 0.15) is 28.4 Å². The smallest absolute Gasteiger partial charge is 0.252 e. The van der Waals surface area contributed by atoms with Crippen LogP contribution < -0.4 is 5.32 Å². The van der Waals surface area contributed by atoms with Crippen LogP contribution in [0.4, 0.5) is 4.39 Å². The van der Waals surface area contributed by atoms with E-state index in [1.54, 1.807) is 30.6 Å². The lowest BCUT2D eigenvalue weighted by Gasteiger charge is -2.26. The molecule has 0 bridgehead atoms. The maximum atomic E-state index is 13.8. The fourth-order valence-corrected chi connectivity index (χ4v) is 3.40. The lowest BCUT2D eigenvalue weighted by Crippen LogP contribution is -2.32. The summed E-state index contributed by atoms with van der Waals surface area (Å²) in [6.45, 7) is 1.44. The Labute approximate surface area is 145 Å². The average Bonchev–Trinajstić information content (AvgIpc) is 2.96. The van der Waals surface area contributed by atoms with E-state index in [0.717, 1.165) is 18.5 Å². The van der Waals surface area contributed by atoms with Crippen LogP contribution in [-0.4, -0.2) is 35.9 Å². The van der Waals surface area contributed by atoms with Gasteiger partial charge in [0.25, 0.3) is 5.91 Å². The standard InChI is InChI=1S/C18H19ClFN3O/c1-23-8-6-13(11-22-18(24)14-3-2-7-21-10-14)17(23)12-4-5-15(19)16(20)9-12/h2-5,7,9-10,13,17H,6,8,11H2,1H3,(H,22,24)/t13-,17-/m1/s1. The molecule has 0 aliphatic carbocycles. The lowest BCUT2D eigenvalue weighted by atomic mass is 9.93. The minimum Gasteiger partial charge on any atom is -0.352 e. The summed E-state index contributed by atoms with van der Waals surface area (Å²) in [5.74, 6) is -0.331. The summed E-state index contributed by atoms with van der Waals surface area (Å²) >= 11 is 5.78. The van der Waals surface area contributed by atoms with Crippen LogP contribution >= 0.6 is 11.6 Å². The number of halogens is 2. The molecule has 0 saturated carbocycles. The summed E-state index contributed by atoms with van der Waals surface area (Å²) in [5, 5.41) is 3.09.